The quantitative estimate of drug-likeness (QED) is 0.654. The topological polar surface area (TPSA) is 50.7 Å². The average molecular weight is 351 g/mol. The normalized spacial score (nSPS) is 10.7. The maximum absolute atomic E-state index is 6.30. The van der Waals surface area contributed by atoms with Gasteiger partial charge in [0, 0.05) is 22.8 Å². The largest absolute Gasteiger partial charge is 0.316 e. The maximum Gasteiger partial charge on any atom is 0.188 e. The fraction of sp³-hybridized carbons (Fsp3) is 0.133. The highest BCUT2D eigenvalue weighted by Gasteiger charge is 2.11. The summed E-state index contributed by atoms with van der Waals surface area (Å²) in [7, 11) is 0. The standard InChI is InChI=1S/C15H12Cl2N4S/c1-8-4-3-5-10(16)14(8)11-7-18-15(22-11)21-13-6-12(17)19-9(2)20-13/h3-7H,1-2H3,(H,18,19,20,21). The Morgan fingerprint density at radius 3 is 2.68 bits per heavy atom. The van der Waals surface area contributed by atoms with Crippen LogP contribution in [0, 0.1) is 13.8 Å². The Morgan fingerprint density at radius 2 is 1.95 bits per heavy atom. The molecule has 0 saturated heterocycles. The number of benzene rings is 1. The molecule has 112 valence electrons. The highest BCUT2D eigenvalue weighted by molar-refractivity contribution is 7.19. The first kappa shape index (κ1) is 15.2. The molecular formula is C15H12Cl2N4S. The van der Waals surface area contributed by atoms with Crippen LogP contribution in [0.4, 0.5) is 10.9 Å². The zero-order chi connectivity index (χ0) is 15.7. The Balaban J connectivity index is 1.91. The minimum atomic E-state index is 0.397. The summed E-state index contributed by atoms with van der Waals surface area (Å²) in [4.78, 5) is 13.7. The summed E-state index contributed by atoms with van der Waals surface area (Å²) in [6, 6.07) is 7.51. The second-order valence-electron chi connectivity index (χ2n) is 4.71. The summed E-state index contributed by atoms with van der Waals surface area (Å²) in [5.41, 5.74) is 2.12. The summed E-state index contributed by atoms with van der Waals surface area (Å²) in [6.45, 7) is 3.82. The molecule has 0 bridgehead atoms. The first-order valence-corrected chi connectivity index (χ1v) is 8.09. The van der Waals surface area contributed by atoms with Gasteiger partial charge in [0.05, 0.1) is 4.88 Å². The molecule has 2 heterocycles. The van der Waals surface area contributed by atoms with Crippen molar-refractivity contribution in [3.8, 4) is 10.4 Å². The van der Waals surface area contributed by atoms with E-state index in [-0.39, 0.29) is 0 Å². The van der Waals surface area contributed by atoms with Gasteiger partial charge in [0.15, 0.2) is 5.13 Å². The van der Waals surface area contributed by atoms with E-state index in [4.69, 9.17) is 23.2 Å². The molecule has 1 aromatic carbocycles. The van der Waals surface area contributed by atoms with E-state index in [0.717, 1.165) is 26.2 Å². The molecule has 7 heteroatoms. The molecular weight excluding hydrogens is 339 g/mol. The molecule has 4 nitrogen and oxygen atoms in total. The predicted octanol–water partition coefficient (Wildman–Crippen LogP) is 5.27. The Bertz CT molecular complexity index is 792. The molecule has 0 aliphatic heterocycles. The van der Waals surface area contributed by atoms with E-state index < -0.39 is 0 Å². The van der Waals surface area contributed by atoms with Crippen molar-refractivity contribution in [2.24, 2.45) is 0 Å². The van der Waals surface area contributed by atoms with Crippen LogP contribution in [0.15, 0.2) is 30.5 Å². The van der Waals surface area contributed by atoms with E-state index >= 15 is 0 Å². The van der Waals surface area contributed by atoms with Crippen molar-refractivity contribution in [2.45, 2.75) is 13.8 Å². The lowest BCUT2D eigenvalue weighted by Gasteiger charge is -2.05. The molecule has 0 atom stereocenters. The summed E-state index contributed by atoms with van der Waals surface area (Å²) in [5.74, 6) is 1.23. The average Bonchev–Trinajstić information content (AvgIpc) is 2.85. The zero-order valence-electron chi connectivity index (χ0n) is 11.9. The molecule has 3 rings (SSSR count). The predicted molar refractivity (Wildman–Crippen MR) is 92.4 cm³/mol. The fourth-order valence-electron chi connectivity index (χ4n) is 2.10. The van der Waals surface area contributed by atoms with E-state index in [0.29, 0.717) is 16.8 Å². The number of halogens is 2. The lowest BCUT2D eigenvalue weighted by molar-refractivity contribution is 1.06. The third kappa shape index (κ3) is 3.21. The van der Waals surface area contributed by atoms with Crippen molar-refractivity contribution in [1.29, 1.82) is 0 Å². The second-order valence-corrected chi connectivity index (χ2v) is 6.53. The zero-order valence-corrected chi connectivity index (χ0v) is 14.2. The van der Waals surface area contributed by atoms with Crippen LogP contribution in [0.2, 0.25) is 10.2 Å². The van der Waals surface area contributed by atoms with Crippen LogP contribution in [0.25, 0.3) is 10.4 Å². The number of nitrogens with one attached hydrogen (secondary N) is 1. The van der Waals surface area contributed by atoms with Gasteiger partial charge in [0.2, 0.25) is 0 Å². The van der Waals surface area contributed by atoms with E-state index in [1.807, 2.05) is 25.1 Å². The third-order valence-electron chi connectivity index (χ3n) is 3.02. The minimum absolute atomic E-state index is 0.397. The minimum Gasteiger partial charge on any atom is -0.316 e. The van der Waals surface area contributed by atoms with Gasteiger partial charge in [0.1, 0.15) is 16.8 Å². The van der Waals surface area contributed by atoms with Gasteiger partial charge in [0.25, 0.3) is 0 Å². The molecule has 0 unspecified atom stereocenters. The first-order chi connectivity index (χ1) is 10.5. The van der Waals surface area contributed by atoms with Gasteiger partial charge in [-0.25, -0.2) is 15.0 Å². The first-order valence-electron chi connectivity index (χ1n) is 6.52. The number of hydrogen-bond acceptors (Lipinski definition) is 5. The number of hydrogen-bond donors (Lipinski definition) is 1. The molecule has 3 aromatic rings. The van der Waals surface area contributed by atoms with Crippen LogP contribution in [0.5, 0.6) is 0 Å². The number of thiazole rings is 1. The van der Waals surface area contributed by atoms with E-state index in [9.17, 15) is 0 Å². The molecule has 0 amide bonds. The number of aromatic nitrogens is 3. The summed E-state index contributed by atoms with van der Waals surface area (Å²) in [5, 5.41) is 4.98. The molecule has 0 radical (unpaired) electrons. The van der Waals surface area contributed by atoms with Gasteiger partial charge in [-0.3, -0.25) is 0 Å². The second kappa shape index (κ2) is 6.20. The SMILES string of the molecule is Cc1nc(Cl)cc(Nc2ncc(-c3c(C)cccc3Cl)s2)n1. The Kier molecular flexibility index (Phi) is 4.29. The van der Waals surface area contributed by atoms with Crippen molar-refractivity contribution in [3.63, 3.8) is 0 Å². The molecule has 0 saturated carbocycles. The van der Waals surface area contributed by atoms with Crippen molar-refractivity contribution >= 4 is 45.5 Å². The van der Waals surface area contributed by atoms with Gasteiger partial charge in [-0.15, -0.1) is 0 Å². The number of nitrogens with zero attached hydrogens (tertiary/aromatic N) is 3. The lowest BCUT2D eigenvalue weighted by atomic mass is 10.1. The van der Waals surface area contributed by atoms with Crippen LogP contribution in [0.3, 0.4) is 0 Å². The molecule has 1 N–H and O–H groups in total. The summed E-state index contributed by atoms with van der Waals surface area (Å²) in [6.07, 6.45) is 1.80. The summed E-state index contributed by atoms with van der Waals surface area (Å²) < 4.78 is 0. The van der Waals surface area contributed by atoms with Gasteiger partial charge in [-0.1, -0.05) is 46.7 Å². The smallest absolute Gasteiger partial charge is 0.188 e. The highest BCUT2D eigenvalue weighted by atomic mass is 35.5. The lowest BCUT2D eigenvalue weighted by Crippen LogP contribution is -1.96. The van der Waals surface area contributed by atoms with E-state index in [1.165, 1.54) is 11.3 Å². The Morgan fingerprint density at radius 1 is 1.14 bits per heavy atom. The maximum atomic E-state index is 6.30. The molecule has 0 fully saturated rings. The van der Waals surface area contributed by atoms with Gasteiger partial charge in [-0.05, 0) is 25.5 Å². The van der Waals surface area contributed by atoms with Crippen molar-refractivity contribution in [1.82, 2.24) is 15.0 Å². The number of aryl methyl sites for hydroxylation is 2. The van der Waals surface area contributed by atoms with Crippen molar-refractivity contribution in [3.05, 3.63) is 52.0 Å². The molecule has 0 aliphatic rings. The summed E-state index contributed by atoms with van der Waals surface area (Å²) >= 11 is 13.7. The Hall–Kier alpha value is -1.69. The van der Waals surface area contributed by atoms with Gasteiger partial charge >= 0.3 is 0 Å². The molecule has 0 spiro atoms. The van der Waals surface area contributed by atoms with Crippen molar-refractivity contribution < 1.29 is 0 Å². The number of anilines is 2. The van der Waals surface area contributed by atoms with Gasteiger partial charge < -0.3 is 5.32 Å². The van der Waals surface area contributed by atoms with Crippen LogP contribution in [-0.4, -0.2) is 15.0 Å². The molecule has 2 aromatic heterocycles. The van der Waals surface area contributed by atoms with Crippen LogP contribution in [0.1, 0.15) is 11.4 Å². The van der Waals surface area contributed by atoms with Crippen LogP contribution >= 0.6 is 34.5 Å². The van der Waals surface area contributed by atoms with Crippen molar-refractivity contribution in [2.75, 3.05) is 5.32 Å². The fourth-order valence-corrected chi connectivity index (χ4v) is 3.65. The van der Waals surface area contributed by atoms with E-state index in [2.05, 4.69) is 20.3 Å². The highest BCUT2D eigenvalue weighted by Crippen LogP contribution is 2.36. The van der Waals surface area contributed by atoms with Crippen LogP contribution < -0.4 is 5.32 Å². The number of rotatable bonds is 3. The Labute approximate surface area is 142 Å². The van der Waals surface area contributed by atoms with E-state index in [1.54, 1.807) is 19.2 Å². The molecule has 0 aliphatic carbocycles. The third-order valence-corrected chi connectivity index (χ3v) is 4.45. The van der Waals surface area contributed by atoms with Crippen LogP contribution in [-0.2, 0) is 0 Å². The monoisotopic (exact) mass is 350 g/mol. The van der Waals surface area contributed by atoms with Gasteiger partial charge in [-0.2, -0.15) is 0 Å². The molecule has 22 heavy (non-hydrogen) atoms.